The highest BCUT2D eigenvalue weighted by atomic mass is 32.1. The van der Waals surface area contributed by atoms with Crippen LogP contribution >= 0.6 is 11.3 Å². The molecule has 0 bridgehead atoms. The Hall–Kier alpha value is -3.44. The third kappa shape index (κ3) is 4.89. The topological polar surface area (TPSA) is 38.9 Å². The van der Waals surface area contributed by atoms with Gasteiger partial charge in [-0.05, 0) is 54.4 Å². The van der Waals surface area contributed by atoms with E-state index in [9.17, 15) is 0 Å². The molecule has 0 aliphatic carbocycles. The summed E-state index contributed by atoms with van der Waals surface area (Å²) in [6.45, 7) is 2.63. The van der Waals surface area contributed by atoms with Crippen molar-refractivity contribution in [1.29, 1.82) is 0 Å². The molecule has 0 unspecified atom stereocenters. The second-order valence-corrected chi connectivity index (χ2v) is 7.36. The second-order valence-electron chi connectivity index (χ2n) is 6.52. The summed E-state index contributed by atoms with van der Waals surface area (Å²) in [5.74, 6) is 0.832. The van der Waals surface area contributed by atoms with E-state index in [1.165, 1.54) is 0 Å². The minimum atomic E-state index is 0.556. The van der Waals surface area contributed by atoms with Crippen molar-refractivity contribution in [3.05, 3.63) is 112 Å². The number of aryl methyl sites for hydroxylation is 1. The lowest BCUT2D eigenvalue weighted by Gasteiger charge is -2.06. The van der Waals surface area contributed by atoms with Gasteiger partial charge in [0.05, 0.1) is 6.21 Å². The highest BCUT2D eigenvalue weighted by Gasteiger charge is 2.03. The van der Waals surface area contributed by atoms with Crippen LogP contribution < -0.4 is 9.54 Å². The van der Waals surface area contributed by atoms with Crippen LogP contribution in [0.5, 0.6) is 5.75 Å². The molecule has 0 aliphatic rings. The van der Waals surface area contributed by atoms with E-state index in [-0.39, 0.29) is 0 Å². The van der Waals surface area contributed by atoms with Gasteiger partial charge in [-0.1, -0.05) is 48.5 Å². The Labute approximate surface area is 174 Å². The summed E-state index contributed by atoms with van der Waals surface area (Å²) in [5.41, 5.74) is 4.34. The van der Waals surface area contributed by atoms with Crippen LogP contribution in [0, 0.1) is 6.92 Å². The van der Waals surface area contributed by atoms with E-state index >= 15 is 0 Å². The van der Waals surface area contributed by atoms with Gasteiger partial charge in [-0.2, -0.15) is 5.10 Å². The van der Waals surface area contributed by atoms with Crippen molar-refractivity contribution in [2.45, 2.75) is 13.5 Å². The molecular weight excluding hydrogens is 378 g/mol. The molecule has 0 atom stereocenters. The van der Waals surface area contributed by atoms with Crippen molar-refractivity contribution >= 4 is 17.6 Å². The Morgan fingerprint density at radius 1 is 0.897 bits per heavy atom. The Bertz CT molecular complexity index is 1140. The predicted molar refractivity (Wildman–Crippen MR) is 119 cm³/mol. The number of nitrogens with zero attached hydrogens (tertiary/aromatic N) is 3. The van der Waals surface area contributed by atoms with Gasteiger partial charge in [-0.25, -0.2) is 0 Å². The minimum absolute atomic E-state index is 0.556. The monoisotopic (exact) mass is 399 g/mol. The van der Waals surface area contributed by atoms with Crippen molar-refractivity contribution in [3.8, 4) is 11.4 Å². The average molecular weight is 400 g/mol. The molecule has 4 rings (SSSR count). The smallest absolute Gasteiger partial charge is 0.215 e. The van der Waals surface area contributed by atoms with Gasteiger partial charge in [0.2, 0.25) is 4.80 Å². The number of para-hydroxylation sites is 1. The van der Waals surface area contributed by atoms with Gasteiger partial charge in [0.1, 0.15) is 12.4 Å². The summed E-state index contributed by atoms with van der Waals surface area (Å²) >= 11 is 1.58. The maximum absolute atomic E-state index is 5.82. The fourth-order valence-electron chi connectivity index (χ4n) is 2.89. The van der Waals surface area contributed by atoms with Crippen LogP contribution in [-0.4, -0.2) is 10.8 Å². The van der Waals surface area contributed by atoms with Gasteiger partial charge in [-0.15, -0.1) is 16.4 Å². The van der Waals surface area contributed by atoms with Crippen LogP contribution in [0.4, 0.5) is 0 Å². The van der Waals surface area contributed by atoms with Crippen molar-refractivity contribution < 1.29 is 4.74 Å². The third-order valence-corrected chi connectivity index (χ3v) is 5.31. The summed E-state index contributed by atoms with van der Waals surface area (Å²) in [6.07, 6.45) is 1.76. The van der Waals surface area contributed by atoms with E-state index in [1.54, 1.807) is 17.6 Å². The molecule has 0 spiro atoms. The third-order valence-electron chi connectivity index (χ3n) is 4.37. The zero-order chi connectivity index (χ0) is 19.9. The zero-order valence-corrected chi connectivity index (χ0v) is 16.9. The summed E-state index contributed by atoms with van der Waals surface area (Å²) in [6, 6.07) is 28.2. The van der Waals surface area contributed by atoms with Gasteiger partial charge >= 0.3 is 0 Å². The van der Waals surface area contributed by atoms with E-state index in [1.807, 2.05) is 60.7 Å². The molecule has 0 N–H and O–H groups in total. The predicted octanol–water partition coefficient (Wildman–Crippen LogP) is 5.36. The Morgan fingerprint density at radius 3 is 2.31 bits per heavy atom. The van der Waals surface area contributed by atoms with E-state index in [4.69, 9.17) is 4.74 Å². The van der Waals surface area contributed by atoms with Crippen molar-refractivity contribution in [3.63, 3.8) is 0 Å². The first-order valence-corrected chi connectivity index (χ1v) is 10.2. The second kappa shape index (κ2) is 9.17. The molecule has 0 radical (unpaired) electrons. The average Bonchev–Trinajstić information content (AvgIpc) is 3.15. The molecule has 3 aromatic carbocycles. The van der Waals surface area contributed by atoms with E-state index in [0.29, 0.717) is 6.61 Å². The first-order valence-electron chi connectivity index (χ1n) is 9.36. The van der Waals surface area contributed by atoms with E-state index < -0.39 is 0 Å². The first-order chi connectivity index (χ1) is 14.3. The highest BCUT2D eigenvalue weighted by molar-refractivity contribution is 7.07. The normalized spacial score (nSPS) is 11.8. The Kier molecular flexibility index (Phi) is 5.98. The van der Waals surface area contributed by atoms with Crippen molar-refractivity contribution in [2.75, 3.05) is 0 Å². The quantitative estimate of drug-likeness (QED) is 0.318. The van der Waals surface area contributed by atoms with Gasteiger partial charge in [-0.3, -0.25) is 4.57 Å². The molecule has 0 fully saturated rings. The molecule has 29 heavy (non-hydrogen) atoms. The highest BCUT2D eigenvalue weighted by Crippen LogP contribution is 2.14. The standard InChI is InChI=1S/C24H21N3OS/c1-19-18-29-24(27(19)22-10-6-3-7-11-22)26-25-16-20-12-14-23(15-13-20)28-17-21-8-4-2-5-9-21/h2-16,18H,17H2,1H3. The molecule has 144 valence electrons. The number of ether oxygens (including phenoxy) is 1. The van der Waals surface area contributed by atoms with Gasteiger partial charge < -0.3 is 4.74 Å². The molecule has 1 heterocycles. The van der Waals surface area contributed by atoms with Crippen LogP contribution in [0.3, 0.4) is 0 Å². The molecule has 4 aromatic rings. The number of benzene rings is 3. The summed E-state index contributed by atoms with van der Waals surface area (Å²) in [7, 11) is 0. The van der Waals surface area contributed by atoms with Gasteiger partial charge in [0, 0.05) is 16.8 Å². The van der Waals surface area contributed by atoms with Crippen LogP contribution in [0.2, 0.25) is 0 Å². The number of aromatic nitrogens is 1. The molecule has 0 amide bonds. The zero-order valence-electron chi connectivity index (χ0n) is 16.1. The molecule has 0 saturated carbocycles. The lowest BCUT2D eigenvalue weighted by molar-refractivity contribution is 0.306. The van der Waals surface area contributed by atoms with Gasteiger partial charge in [0.25, 0.3) is 0 Å². The lowest BCUT2D eigenvalue weighted by atomic mass is 10.2. The Morgan fingerprint density at radius 2 is 1.59 bits per heavy atom. The summed E-state index contributed by atoms with van der Waals surface area (Å²) in [4.78, 5) is 0.841. The number of rotatable bonds is 6. The first kappa shape index (κ1) is 18.9. The van der Waals surface area contributed by atoms with Crippen LogP contribution in [-0.2, 0) is 6.61 Å². The molecule has 0 aliphatic heterocycles. The maximum Gasteiger partial charge on any atom is 0.215 e. The summed E-state index contributed by atoms with van der Waals surface area (Å²) in [5, 5.41) is 10.8. The Balaban J connectivity index is 1.45. The van der Waals surface area contributed by atoms with Gasteiger partial charge in [0.15, 0.2) is 0 Å². The van der Waals surface area contributed by atoms with Crippen molar-refractivity contribution in [1.82, 2.24) is 4.57 Å². The molecule has 1 aromatic heterocycles. The van der Waals surface area contributed by atoms with Crippen LogP contribution in [0.25, 0.3) is 5.69 Å². The maximum atomic E-state index is 5.82. The lowest BCUT2D eigenvalue weighted by Crippen LogP contribution is -2.13. The largest absolute Gasteiger partial charge is 0.489 e. The minimum Gasteiger partial charge on any atom is -0.489 e. The fraction of sp³-hybridized carbons (Fsp3) is 0.0833. The summed E-state index contributed by atoms with van der Waals surface area (Å²) < 4.78 is 7.92. The molecule has 5 heteroatoms. The van der Waals surface area contributed by atoms with E-state index in [0.717, 1.165) is 33.1 Å². The number of hydrogen-bond donors (Lipinski definition) is 0. The van der Waals surface area contributed by atoms with Crippen molar-refractivity contribution in [2.24, 2.45) is 10.2 Å². The SMILES string of the molecule is Cc1csc(=NN=Cc2ccc(OCc3ccccc3)cc2)n1-c1ccccc1. The molecule has 0 saturated heterocycles. The van der Waals surface area contributed by atoms with Crippen LogP contribution in [0.1, 0.15) is 16.8 Å². The molecule has 4 nitrogen and oxygen atoms in total. The number of thiazole rings is 1. The number of hydrogen-bond acceptors (Lipinski definition) is 4. The van der Waals surface area contributed by atoms with E-state index in [2.05, 4.69) is 51.3 Å². The van der Waals surface area contributed by atoms with Crippen LogP contribution in [0.15, 0.2) is 101 Å². The molecular formula is C24H21N3OS. The fourth-order valence-corrected chi connectivity index (χ4v) is 3.72.